The summed E-state index contributed by atoms with van der Waals surface area (Å²) in [6.07, 6.45) is 1.83. The zero-order valence-electron chi connectivity index (χ0n) is 15.6. The zero-order valence-corrected chi connectivity index (χ0v) is 20.2. The molecule has 1 N–H and O–H groups in total. The average Bonchev–Trinajstić information content (AvgIpc) is 3.08. The van der Waals surface area contributed by atoms with Gasteiger partial charge in [0.2, 0.25) is 0 Å². The van der Waals surface area contributed by atoms with Crippen molar-refractivity contribution in [1.82, 2.24) is 5.32 Å². The third-order valence-corrected chi connectivity index (χ3v) is 6.33. The molecule has 1 amide bonds. The van der Waals surface area contributed by atoms with E-state index in [0.29, 0.717) is 22.4 Å². The fourth-order valence-corrected chi connectivity index (χ4v) is 4.32. The summed E-state index contributed by atoms with van der Waals surface area (Å²) in [5.74, 6) is 0.546. The van der Waals surface area contributed by atoms with Gasteiger partial charge in [-0.1, -0.05) is 46.3 Å². The predicted octanol–water partition coefficient (Wildman–Crippen LogP) is 6.52. The number of carbonyl (C=O) groups is 1. The molecule has 0 saturated carbocycles. The molecular weight excluding hydrogens is 575 g/mol. The summed E-state index contributed by atoms with van der Waals surface area (Å²) in [7, 11) is 0. The molecule has 0 spiro atoms. The van der Waals surface area contributed by atoms with Gasteiger partial charge in [0.15, 0.2) is 5.17 Å². The van der Waals surface area contributed by atoms with Crippen molar-refractivity contribution in [3.8, 4) is 5.75 Å². The number of thioether (sulfide) groups is 1. The van der Waals surface area contributed by atoms with Gasteiger partial charge in [-0.05, 0) is 88.5 Å². The van der Waals surface area contributed by atoms with Crippen molar-refractivity contribution in [2.24, 2.45) is 4.99 Å². The van der Waals surface area contributed by atoms with Crippen LogP contribution < -0.4 is 10.1 Å². The van der Waals surface area contributed by atoms with Gasteiger partial charge in [0, 0.05) is 13.6 Å². The number of benzene rings is 3. The number of halogens is 2. The van der Waals surface area contributed by atoms with E-state index in [9.17, 15) is 4.79 Å². The molecule has 0 aromatic heterocycles. The van der Waals surface area contributed by atoms with Crippen LogP contribution in [0.3, 0.4) is 0 Å². The van der Waals surface area contributed by atoms with Crippen LogP contribution in [0.25, 0.3) is 6.08 Å². The van der Waals surface area contributed by atoms with E-state index in [-0.39, 0.29) is 5.91 Å². The van der Waals surface area contributed by atoms with Gasteiger partial charge in [-0.2, -0.15) is 0 Å². The molecule has 1 aliphatic heterocycles. The molecular formula is C23H16BrIN2O2S. The van der Waals surface area contributed by atoms with Crippen molar-refractivity contribution >= 4 is 73.1 Å². The highest BCUT2D eigenvalue weighted by Crippen LogP contribution is 2.32. The number of nitrogens with one attached hydrogen (secondary N) is 1. The second-order valence-electron chi connectivity index (χ2n) is 6.41. The van der Waals surface area contributed by atoms with E-state index < -0.39 is 0 Å². The lowest BCUT2D eigenvalue weighted by Gasteiger charge is -2.10. The Morgan fingerprint density at radius 3 is 2.60 bits per heavy atom. The Bertz CT molecular complexity index is 1130. The number of hydrogen-bond acceptors (Lipinski definition) is 4. The van der Waals surface area contributed by atoms with Gasteiger partial charge >= 0.3 is 0 Å². The number of rotatable bonds is 5. The van der Waals surface area contributed by atoms with Crippen LogP contribution >= 0.6 is 50.3 Å². The number of nitrogens with zero attached hydrogens (tertiary/aromatic N) is 1. The first-order valence-electron chi connectivity index (χ1n) is 9.08. The van der Waals surface area contributed by atoms with E-state index in [1.807, 2.05) is 78.9 Å². The Balaban J connectivity index is 1.55. The topological polar surface area (TPSA) is 50.7 Å². The second kappa shape index (κ2) is 9.80. The van der Waals surface area contributed by atoms with Crippen LogP contribution in [0.2, 0.25) is 0 Å². The first kappa shape index (κ1) is 21.1. The van der Waals surface area contributed by atoms with E-state index in [0.717, 1.165) is 24.9 Å². The maximum absolute atomic E-state index is 12.5. The third-order valence-electron chi connectivity index (χ3n) is 4.20. The molecule has 0 atom stereocenters. The van der Waals surface area contributed by atoms with Crippen LogP contribution in [0.1, 0.15) is 11.1 Å². The molecule has 0 aliphatic carbocycles. The molecule has 0 bridgehead atoms. The second-order valence-corrected chi connectivity index (χ2v) is 9.61. The molecule has 3 aromatic rings. The van der Waals surface area contributed by atoms with Crippen molar-refractivity contribution in [1.29, 1.82) is 0 Å². The van der Waals surface area contributed by atoms with Gasteiger partial charge in [0.05, 0.1) is 10.6 Å². The maximum atomic E-state index is 12.5. The smallest absolute Gasteiger partial charge is 0.264 e. The average molecular weight is 591 g/mol. The Hall–Kier alpha value is -2.10. The summed E-state index contributed by atoms with van der Waals surface area (Å²) in [6, 6.07) is 23.6. The van der Waals surface area contributed by atoms with E-state index in [1.54, 1.807) is 0 Å². The zero-order chi connectivity index (χ0) is 20.9. The molecule has 1 fully saturated rings. The van der Waals surface area contributed by atoms with Crippen molar-refractivity contribution < 1.29 is 9.53 Å². The summed E-state index contributed by atoms with van der Waals surface area (Å²) < 4.78 is 8.07. The lowest BCUT2D eigenvalue weighted by molar-refractivity contribution is -0.115. The van der Waals surface area contributed by atoms with Crippen molar-refractivity contribution in [2.75, 3.05) is 0 Å². The predicted molar refractivity (Wildman–Crippen MR) is 135 cm³/mol. The van der Waals surface area contributed by atoms with Crippen LogP contribution in [0.4, 0.5) is 5.69 Å². The van der Waals surface area contributed by atoms with E-state index in [1.165, 1.54) is 11.8 Å². The summed E-state index contributed by atoms with van der Waals surface area (Å²) in [6.45, 7) is 0.456. The molecule has 4 rings (SSSR count). The van der Waals surface area contributed by atoms with Crippen molar-refractivity contribution in [2.45, 2.75) is 6.61 Å². The van der Waals surface area contributed by atoms with Crippen molar-refractivity contribution in [3.05, 3.63) is 96.9 Å². The highest BCUT2D eigenvalue weighted by atomic mass is 127. The fourth-order valence-electron chi connectivity index (χ4n) is 2.75. The number of amidine groups is 1. The molecule has 3 aromatic carbocycles. The Morgan fingerprint density at radius 2 is 1.83 bits per heavy atom. The first-order valence-corrected chi connectivity index (χ1v) is 11.8. The highest BCUT2D eigenvalue weighted by Gasteiger charge is 2.24. The van der Waals surface area contributed by atoms with Gasteiger partial charge in [0.1, 0.15) is 12.4 Å². The molecule has 7 heteroatoms. The molecule has 1 aliphatic rings. The molecule has 1 saturated heterocycles. The number of hydrogen-bond donors (Lipinski definition) is 1. The van der Waals surface area contributed by atoms with Gasteiger partial charge in [0.25, 0.3) is 5.91 Å². The minimum absolute atomic E-state index is 0.168. The summed E-state index contributed by atoms with van der Waals surface area (Å²) >= 11 is 7.07. The molecule has 30 heavy (non-hydrogen) atoms. The van der Waals surface area contributed by atoms with Crippen LogP contribution in [-0.4, -0.2) is 11.1 Å². The quantitative estimate of drug-likeness (QED) is 0.272. The molecule has 1 heterocycles. The molecule has 0 unspecified atom stereocenters. The minimum atomic E-state index is -0.168. The number of ether oxygens (including phenoxy) is 1. The van der Waals surface area contributed by atoms with E-state index in [4.69, 9.17) is 4.74 Å². The van der Waals surface area contributed by atoms with Gasteiger partial charge < -0.3 is 10.1 Å². The number of carbonyl (C=O) groups excluding carboxylic acids is 1. The normalized spacial score (nSPS) is 16.1. The van der Waals surface area contributed by atoms with E-state index >= 15 is 0 Å². The SMILES string of the molecule is O=C1NC(=Nc2ccc(I)cc2)S/C1=C/c1cc(Br)ccc1OCc1ccccc1. The Kier molecular flexibility index (Phi) is 6.91. The van der Waals surface area contributed by atoms with Crippen LogP contribution in [-0.2, 0) is 11.4 Å². The summed E-state index contributed by atoms with van der Waals surface area (Å²) in [4.78, 5) is 17.6. The minimum Gasteiger partial charge on any atom is -0.488 e. The molecule has 150 valence electrons. The number of amides is 1. The Morgan fingerprint density at radius 1 is 1.07 bits per heavy atom. The van der Waals surface area contributed by atoms with Gasteiger partial charge in [-0.15, -0.1) is 0 Å². The maximum Gasteiger partial charge on any atom is 0.264 e. The standard InChI is InChI=1S/C23H16BrIN2O2S/c24-17-6-11-20(29-14-15-4-2-1-3-5-15)16(12-17)13-21-22(28)27-23(30-21)26-19-9-7-18(25)8-10-19/h1-13H,14H2,(H,26,27,28)/b21-13+. The molecule has 4 nitrogen and oxygen atoms in total. The third kappa shape index (κ3) is 5.53. The Labute approximate surface area is 201 Å². The van der Waals surface area contributed by atoms with E-state index in [2.05, 4.69) is 48.8 Å². The first-order chi connectivity index (χ1) is 14.6. The van der Waals surface area contributed by atoms with Gasteiger partial charge in [-0.3, -0.25) is 4.79 Å². The summed E-state index contributed by atoms with van der Waals surface area (Å²) in [5, 5.41) is 3.39. The molecule has 0 radical (unpaired) electrons. The largest absolute Gasteiger partial charge is 0.488 e. The fraction of sp³-hybridized carbons (Fsp3) is 0.0435. The van der Waals surface area contributed by atoms with Gasteiger partial charge in [-0.25, -0.2) is 4.99 Å². The number of aliphatic imine (C=N–C) groups is 1. The van der Waals surface area contributed by atoms with Crippen molar-refractivity contribution in [3.63, 3.8) is 0 Å². The van der Waals surface area contributed by atoms with Crippen LogP contribution in [0.15, 0.2) is 87.2 Å². The van der Waals surface area contributed by atoms with Crippen LogP contribution in [0, 0.1) is 3.57 Å². The monoisotopic (exact) mass is 590 g/mol. The summed E-state index contributed by atoms with van der Waals surface area (Å²) in [5.41, 5.74) is 2.71. The lowest BCUT2D eigenvalue weighted by atomic mass is 10.2. The lowest BCUT2D eigenvalue weighted by Crippen LogP contribution is -2.19. The van der Waals surface area contributed by atoms with Crippen LogP contribution in [0.5, 0.6) is 5.75 Å². The highest BCUT2D eigenvalue weighted by molar-refractivity contribution is 14.1.